The minimum absolute atomic E-state index is 0.140. The van der Waals surface area contributed by atoms with Crippen LogP contribution < -0.4 is 10.2 Å². The molecule has 2 aliphatic rings. The van der Waals surface area contributed by atoms with Gasteiger partial charge in [-0.1, -0.05) is 18.2 Å². The van der Waals surface area contributed by atoms with E-state index in [9.17, 15) is 4.79 Å². The average Bonchev–Trinajstić information content (AvgIpc) is 3.27. The van der Waals surface area contributed by atoms with Crippen LogP contribution >= 0.6 is 0 Å². The number of carbonyl (C=O) groups is 1. The lowest BCUT2D eigenvalue weighted by atomic mass is 10.0. The van der Waals surface area contributed by atoms with Crippen LogP contribution in [0.25, 0.3) is 0 Å². The summed E-state index contributed by atoms with van der Waals surface area (Å²) >= 11 is 0. The highest BCUT2D eigenvalue weighted by Crippen LogP contribution is 2.33. The van der Waals surface area contributed by atoms with E-state index in [1.807, 2.05) is 24.0 Å². The monoisotopic (exact) mass is 428 g/mol. The lowest BCUT2D eigenvalue weighted by Gasteiger charge is -2.32. The fourth-order valence-corrected chi connectivity index (χ4v) is 4.85. The van der Waals surface area contributed by atoms with Crippen molar-refractivity contribution >= 4 is 23.1 Å². The number of hydrogen-bond acceptors (Lipinski definition) is 6. The molecule has 1 saturated heterocycles. The first kappa shape index (κ1) is 20.6. The van der Waals surface area contributed by atoms with E-state index in [4.69, 9.17) is 4.98 Å². The second-order valence-corrected chi connectivity index (χ2v) is 8.54. The molecule has 32 heavy (non-hydrogen) atoms. The molecule has 2 aromatic heterocycles. The number of pyridine rings is 1. The summed E-state index contributed by atoms with van der Waals surface area (Å²) in [5.41, 5.74) is 5.22. The Hall–Kier alpha value is -3.32. The lowest BCUT2D eigenvalue weighted by molar-refractivity contribution is -0.120. The van der Waals surface area contributed by atoms with E-state index < -0.39 is 0 Å². The molecule has 1 fully saturated rings. The molecule has 4 heterocycles. The second kappa shape index (κ2) is 9.04. The van der Waals surface area contributed by atoms with Crippen LogP contribution in [0.2, 0.25) is 0 Å². The lowest BCUT2D eigenvalue weighted by Crippen LogP contribution is -2.42. The molecule has 0 spiro atoms. The number of carbonyl (C=O) groups excluding carboxylic acids is 1. The van der Waals surface area contributed by atoms with Crippen LogP contribution in [-0.4, -0.2) is 45.4 Å². The van der Waals surface area contributed by atoms with E-state index in [1.165, 1.54) is 5.56 Å². The van der Waals surface area contributed by atoms with Crippen molar-refractivity contribution in [2.45, 2.75) is 38.6 Å². The molecule has 0 unspecified atom stereocenters. The van der Waals surface area contributed by atoms with Gasteiger partial charge in [0.2, 0.25) is 5.91 Å². The van der Waals surface area contributed by atoms with Crippen LogP contribution in [0.4, 0.5) is 17.2 Å². The molecular formula is C25H28N6O. The number of benzene rings is 1. The van der Waals surface area contributed by atoms with Crippen molar-refractivity contribution in [3.8, 4) is 0 Å². The van der Waals surface area contributed by atoms with E-state index in [0.29, 0.717) is 12.4 Å². The van der Waals surface area contributed by atoms with Gasteiger partial charge in [0.25, 0.3) is 0 Å². The van der Waals surface area contributed by atoms with Gasteiger partial charge < -0.3 is 10.2 Å². The molecule has 7 nitrogen and oxygen atoms in total. The number of likely N-dealkylation sites (tertiary alicyclic amines) is 1. The molecule has 164 valence electrons. The minimum atomic E-state index is 0.140. The highest BCUT2D eigenvalue weighted by atomic mass is 16.2. The maximum Gasteiger partial charge on any atom is 0.241 e. The zero-order valence-electron chi connectivity index (χ0n) is 18.4. The van der Waals surface area contributed by atoms with Gasteiger partial charge in [0.15, 0.2) is 0 Å². The van der Waals surface area contributed by atoms with Gasteiger partial charge in [0, 0.05) is 36.0 Å². The van der Waals surface area contributed by atoms with Crippen molar-refractivity contribution in [2.75, 3.05) is 29.9 Å². The van der Waals surface area contributed by atoms with Crippen LogP contribution in [-0.2, 0) is 11.2 Å². The summed E-state index contributed by atoms with van der Waals surface area (Å²) in [6, 6.07) is 12.5. The Labute approximate surface area is 188 Å². The Bertz CT molecular complexity index is 1100. The number of para-hydroxylation sites is 1. The Kier molecular flexibility index (Phi) is 5.81. The third-order valence-electron chi connectivity index (χ3n) is 6.26. The number of nitrogens with one attached hydrogen (secondary N) is 1. The van der Waals surface area contributed by atoms with Gasteiger partial charge in [-0.25, -0.2) is 4.98 Å². The van der Waals surface area contributed by atoms with Gasteiger partial charge in [-0.05, 0) is 62.9 Å². The number of aromatic nitrogens is 3. The standard InChI is InChI=1S/C25H28N6O/c1-18-14-20(29-24-16-26-10-11-27-24)15-21(28-18)23-9-5-12-30(23)17-25(32)31-13-4-7-19-6-2-3-8-22(19)31/h2-3,6,8,10-11,14-16,23H,4-5,7,9,12-13,17H2,1H3,(H,27,28,29)/t23-/m0/s1. The largest absolute Gasteiger partial charge is 0.339 e. The van der Waals surface area contributed by atoms with E-state index in [0.717, 1.165) is 61.5 Å². The van der Waals surface area contributed by atoms with E-state index in [1.54, 1.807) is 18.6 Å². The highest BCUT2D eigenvalue weighted by Gasteiger charge is 2.31. The molecule has 3 aromatic rings. The third-order valence-corrected chi connectivity index (χ3v) is 6.26. The van der Waals surface area contributed by atoms with E-state index in [2.05, 4.69) is 44.5 Å². The number of amides is 1. The molecule has 1 amide bonds. The molecule has 1 atom stereocenters. The summed E-state index contributed by atoms with van der Waals surface area (Å²) < 4.78 is 0. The van der Waals surface area contributed by atoms with Crippen LogP contribution in [0.5, 0.6) is 0 Å². The first-order chi connectivity index (χ1) is 15.7. The summed E-state index contributed by atoms with van der Waals surface area (Å²) in [6.45, 7) is 4.12. The molecule has 2 aliphatic heterocycles. The zero-order chi connectivity index (χ0) is 21.9. The van der Waals surface area contributed by atoms with Crippen molar-refractivity contribution in [1.82, 2.24) is 19.9 Å². The van der Waals surface area contributed by atoms with Crippen molar-refractivity contribution in [3.63, 3.8) is 0 Å². The van der Waals surface area contributed by atoms with Crippen LogP contribution in [0, 0.1) is 6.92 Å². The van der Waals surface area contributed by atoms with Crippen LogP contribution in [0.1, 0.15) is 42.3 Å². The average molecular weight is 429 g/mol. The normalized spacial score (nSPS) is 18.4. The molecule has 0 saturated carbocycles. The topological polar surface area (TPSA) is 74.2 Å². The van der Waals surface area contributed by atoms with Crippen molar-refractivity contribution in [2.24, 2.45) is 0 Å². The molecule has 1 N–H and O–H groups in total. The maximum absolute atomic E-state index is 13.3. The molecule has 0 aliphatic carbocycles. The molecule has 7 heteroatoms. The number of nitrogens with zero attached hydrogens (tertiary/aromatic N) is 5. The van der Waals surface area contributed by atoms with Crippen LogP contribution in [0.15, 0.2) is 55.0 Å². The zero-order valence-corrected chi connectivity index (χ0v) is 18.4. The SMILES string of the molecule is Cc1cc(Nc2cnccn2)cc([C@@H]2CCCN2CC(=O)N2CCCc3ccccc32)n1. The molecule has 5 rings (SSSR count). The van der Waals surface area contributed by atoms with Gasteiger partial charge in [-0.3, -0.25) is 19.7 Å². The number of aryl methyl sites for hydroxylation is 2. The quantitative estimate of drug-likeness (QED) is 0.661. The van der Waals surface area contributed by atoms with E-state index in [-0.39, 0.29) is 11.9 Å². The summed E-state index contributed by atoms with van der Waals surface area (Å²) in [5, 5.41) is 3.32. The van der Waals surface area contributed by atoms with Crippen molar-refractivity contribution < 1.29 is 4.79 Å². The predicted octanol–water partition coefficient (Wildman–Crippen LogP) is 4.04. The second-order valence-electron chi connectivity index (χ2n) is 8.54. The van der Waals surface area contributed by atoms with Crippen molar-refractivity contribution in [1.29, 1.82) is 0 Å². The third kappa shape index (κ3) is 4.34. The summed E-state index contributed by atoms with van der Waals surface area (Å²) in [6.07, 6.45) is 9.15. The number of rotatable bonds is 5. The number of anilines is 3. The van der Waals surface area contributed by atoms with Gasteiger partial charge in [-0.15, -0.1) is 0 Å². The summed E-state index contributed by atoms with van der Waals surface area (Å²) in [5.74, 6) is 0.876. The maximum atomic E-state index is 13.3. The van der Waals surface area contributed by atoms with Gasteiger partial charge >= 0.3 is 0 Å². The first-order valence-corrected chi connectivity index (χ1v) is 11.3. The highest BCUT2D eigenvalue weighted by molar-refractivity contribution is 5.96. The van der Waals surface area contributed by atoms with E-state index >= 15 is 0 Å². The smallest absolute Gasteiger partial charge is 0.241 e. The van der Waals surface area contributed by atoms with Gasteiger partial charge in [-0.2, -0.15) is 0 Å². The Morgan fingerprint density at radius 1 is 1.16 bits per heavy atom. The minimum Gasteiger partial charge on any atom is -0.339 e. The molecule has 0 radical (unpaired) electrons. The van der Waals surface area contributed by atoms with Crippen LogP contribution in [0.3, 0.4) is 0 Å². The number of hydrogen-bond donors (Lipinski definition) is 1. The number of fused-ring (bicyclic) bond motifs is 1. The fourth-order valence-electron chi connectivity index (χ4n) is 4.85. The Balaban J connectivity index is 1.33. The Morgan fingerprint density at radius 2 is 2.06 bits per heavy atom. The molecule has 1 aromatic carbocycles. The van der Waals surface area contributed by atoms with Crippen molar-refractivity contribution in [3.05, 3.63) is 71.9 Å². The van der Waals surface area contributed by atoms with Gasteiger partial charge in [0.1, 0.15) is 5.82 Å². The summed E-state index contributed by atoms with van der Waals surface area (Å²) in [7, 11) is 0. The molecule has 0 bridgehead atoms. The summed E-state index contributed by atoms with van der Waals surface area (Å²) in [4.78, 5) is 30.8. The van der Waals surface area contributed by atoms with Gasteiger partial charge in [0.05, 0.1) is 24.5 Å². The first-order valence-electron chi connectivity index (χ1n) is 11.3. The fraction of sp³-hybridized carbons (Fsp3) is 0.360. The predicted molar refractivity (Wildman–Crippen MR) is 125 cm³/mol. The molecular weight excluding hydrogens is 400 g/mol. The Morgan fingerprint density at radius 3 is 2.94 bits per heavy atom.